The molecule has 2 amide bonds. The van der Waals surface area contributed by atoms with Crippen molar-refractivity contribution in [3.05, 3.63) is 74.7 Å². The van der Waals surface area contributed by atoms with Crippen molar-refractivity contribution in [1.29, 1.82) is 5.26 Å². The molecule has 1 aliphatic heterocycles. The van der Waals surface area contributed by atoms with Gasteiger partial charge in [-0.3, -0.25) is 9.59 Å². The number of benzene rings is 2. The topological polar surface area (TPSA) is 82.0 Å². The molecular formula is C21H18BrN3O2S. The number of aryl methyl sites for hydroxylation is 1. The summed E-state index contributed by atoms with van der Waals surface area (Å²) < 4.78 is 0.943. The average Bonchev–Trinajstić information content (AvgIpc) is 2.68. The molecule has 0 spiro atoms. The molecule has 3 rings (SSSR count). The first-order valence-electron chi connectivity index (χ1n) is 8.66. The van der Waals surface area contributed by atoms with Crippen LogP contribution in [0.15, 0.2) is 63.6 Å². The molecule has 28 heavy (non-hydrogen) atoms. The minimum absolute atomic E-state index is 0.0950. The van der Waals surface area contributed by atoms with Crippen molar-refractivity contribution in [1.82, 2.24) is 5.32 Å². The van der Waals surface area contributed by atoms with Crippen LogP contribution >= 0.6 is 27.7 Å². The minimum atomic E-state index is -0.292. The third-order valence-corrected chi connectivity index (χ3v) is 5.88. The first kappa shape index (κ1) is 20.2. The van der Waals surface area contributed by atoms with E-state index in [2.05, 4.69) is 32.6 Å². The van der Waals surface area contributed by atoms with E-state index < -0.39 is 0 Å². The Morgan fingerprint density at radius 2 is 2.07 bits per heavy atom. The molecule has 0 saturated heterocycles. The van der Waals surface area contributed by atoms with E-state index in [1.165, 1.54) is 11.8 Å². The number of anilines is 1. The summed E-state index contributed by atoms with van der Waals surface area (Å²) in [7, 11) is 0. The van der Waals surface area contributed by atoms with Crippen molar-refractivity contribution in [2.24, 2.45) is 0 Å². The van der Waals surface area contributed by atoms with Gasteiger partial charge in [0.15, 0.2) is 0 Å². The number of hydrogen-bond donors (Lipinski definition) is 2. The number of nitriles is 1. The molecule has 1 aliphatic rings. The predicted octanol–water partition coefficient (Wildman–Crippen LogP) is 4.47. The number of nitrogens with one attached hydrogen (secondary N) is 2. The molecule has 2 N–H and O–H groups in total. The van der Waals surface area contributed by atoms with E-state index in [0.29, 0.717) is 10.6 Å². The maximum atomic E-state index is 12.4. The number of amides is 2. The minimum Gasteiger partial charge on any atom is -0.325 e. The van der Waals surface area contributed by atoms with Crippen molar-refractivity contribution in [2.75, 3.05) is 11.1 Å². The fourth-order valence-corrected chi connectivity index (χ4v) is 4.35. The van der Waals surface area contributed by atoms with Gasteiger partial charge in [0.1, 0.15) is 0 Å². The molecule has 142 valence electrons. The molecule has 0 bridgehead atoms. The number of rotatable bonds is 5. The Hall–Kier alpha value is -2.56. The monoisotopic (exact) mass is 455 g/mol. The molecule has 5 nitrogen and oxygen atoms in total. The van der Waals surface area contributed by atoms with E-state index >= 15 is 0 Å². The highest BCUT2D eigenvalue weighted by Gasteiger charge is 2.29. The normalized spacial score (nSPS) is 16.3. The number of thioether (sulfide) groups is 1. The Labute approximate surface area is 176 Å². The molecule has 1 heterocycles. The van der Waals surface area contributed by atoms with Crippen LogP contribution in [0.1, 0.15) is 23.5 Å². The van der Waals surface area contributed by atoms with Gasteiger partial charge in [-0.15, -0.1) is 0 Å². The summed E-state index contributed by atoms with van der Waals surface area (Å²) in [4.78, 5) is 24.5. The SMILES string of the molecule is Cc1cc(Br)ccc1NC(=O)CSC1=C(C#N)[C@H](c2ccccc2)CC(=O)N1. The fraction of sp³-hybridized carbons (Fsp3) is 0.190. The zero-order valence-corrected chi connectivity index (χ0v) is 17.6. The maximum Gasteiger partial charge on any atom is 0.234 e. The van der Waals surface area contributed by atoms with Gasteiger partial charge in [0.05, 0.1) is 22.4 Å². The molecule has 2 aromatic rings. The van der Waals surface area contributed by atoms with Crippen molar-refractivity contribution in [3.63, 3.8) is 0 Å². The Morgan fingerprint density at radius 3 is 2.75 bits per heavy atom. The Balaban J connectivity index is 1.74. The van der Waals surface area contributed by atoms with Crippen molar-refractivity contribution in [2.45, 2.75) is 19.3 Å². The summed E-state index contributed by atoms with van der Waals surface area (Å²) in [6.45, 7) is 1.91. The van der Waals surface area contributed by atoms with E-state index in [1.54, 1.807) is 0 Å². The van der Waals surface area contributed by atoms with Crippen molar-refractivity contribution >= 4 is 45.2 Å². The van der Waals surface area contributed by atoms with Gasteiger partial charge in [0.2, 0.25) is 11.8 Å². The highest BCUT2D eigenvalue weighted by atomic mass is 79.9. The zero-order valence-electron chi connectivity index (χ0n) is 15.2. The van der Waals surface area contributed by atoms with Gasteiger partial charge in [-0.1, -0.05) is 58.0 Å². The standard InChI is InChI=1S/C21H18BrN3O2S/c1-13-9-15(22)7-8-18(13)24-20(27)12-28-21-17(11-23)16(10-19(26)25-21)14-5-3-2-4-6-14/h2-9,16H,10,12H2,1H3,(H,24,27)(H,25,26)/t16-/m0/s1. The van der Waals surface area contributed by atoms with Gasteiger partial charge in [0, 0.05) is 22.5 Å². The largest absolute Gasteiger partial charge is 0.325 e. The molecule has 0 fully saturated rings. The van der Waals surface area contributed by atoms with Crippen LogP contribution in [0.5, 0.6) is 0 Å². The van der Waals surface area contributed by atoms with Gasteiger partial charge in [0.25, 0.3) is 0 Å². The molecule has 0 aliphatic carbocycles. The molecule has 2 aromatic carbocycles. The number of carbonyl (C=O) groups is 2. The van der Waals surface area contributed by atoms with Gasteiger partial charge in [-0.25, -0.2) is 0 Å². The van der Waals surface area contributed by atoms with Crippen LogP contribution in [0.3, 0.4) is 0 Å². The van der Waals surface area contributed by atoms with Gasteiger partial charge < -0.3 is 10.6 Å². The molecule has 0 saturated carbocycles. The zero-order chi connectivity index (χ0) is 20.1. The smallest absolute Gasteiger partial charge is 0.234 e. The molecule has 0 aromatic heterocycles. The summed E-state index contributed by atoms with van der Waals surface area (Å²) in [5.41, 5.74) is 3.09. The fourth-order valence-electron chi connectivity index (χ4n) is 2.99. The van der Waals surface area contributed by atoms with E-state index in [1.807, 2.05) is 55.5 Å². The van der Waals surface area contributed by atoms with E-state index in [4.69, 9.17) is 0 Å². The summed E-state index contributed by atoms with van der Waals surface area (Å²) in [5, 5.41) is 15.7. The summed E-state index contributed by atoms with van der Waals surface area (Å²) >= 11 is 4.57. The number of carbonyl (C=O) groups excluding carboxylic acids is 2. The number of nitrogens with zero attached hydrogens (tertiary/aromatic N) is 1. The molecular weight excluding hydrogens is 438 g/mol. The van der Waals surface area contributed by atoms with Crippen LogP contribution in [0.4, 0.5) is 5.69 Å². The van der Waals surface area contributed by atoms with Crippen LogP contribution in [-0.2, 0) is 9.59 Å². The van der Waals surface area contributed by atoms with E-state index in [9.17, 15) is 14.9 Å². The summed E-state index contributed by atoms with van der Waals surface area (Å²) in [6.07, 6.45) is 0.223. The first-order chi connectivity index (χ1) is 13.5. The molecule has 1 atom stereocenters. The average molecular weight is 456 g/mol. The van der Waals surface area contributed by atoms with Crippen molar-refractivity contribution < 1.29 is 9.59 Å². The van der Waals surface area contributed by atoms with Gasteiger partial charge >= 0.3 is 0 Å². The third kappa shape index (κ3) is 4.83. The second-order valence-electron chi connectivity index (χ2n) is 6.37. The predicted molar refractivity (Wildman–Crippen MR) is 115 cm³/mol. The third-order valence-electron chi connectivity index (χ3n) is 4.37. The Kier molecular flexibility index (Phi) is 6.55. The highest BCUT2D eigenvalue weighted by Crippen LogP contribution is 2.35. The molecule has 0 radical (unpaired) electrons. The van der Waals surface area contributed by atoms with Crippen LogP contribution in [0, 0.1) is 18.3 Å². The van der Waals surface area contributed by atoms with Crippen LogP contribution in [-0.4, -0.2) is 17.6 Å². The lowest BCUT2D eigenvalue weighted by molar-refractivity contribution is -0.121. The van der Waals surface area contributed by atoms with Crippen LogP contribution < -0.4 is 10.6 Å². The second kappa shape index (κ2) is 9.09. The van der Waals surface area contributed by atoms with Crippen LogP contribution in [0.2, 0.25) is 0 Å². The summed E-state index contributed by atoms with van der Waals surface area (Å²) in [5.74, 6) is -0.548. The summed E-state index contributed by atoms with van der Waals surface area (Å²) in [6, 6.07) is 17.3. The Morgan fingerprint density at radius 1 is 1.32 bits per heavy atom. The lowest BCUT2D eigenvalue weighted by Crippen LogP contribution is -2.31. The maximum absolute atomic E-state index is 12.4. The lowest BCUT2D eigenvalue weighted by Gasteiger charge is -2.25. The highest BCUT2D eigenvalue weighted by molar-refractivity contribution is 9.10. The van der Waals surface area contributed by atoms with Gasteiger partial charge in [-0.05, 0) is 36.2 Å². The van der Waals surface area contributed by atoms with Gasteiger partial charge in [-0.2, -0.15) is 5.26 Å². The molecule has 7 heteroatoms. The van der Waals surface area contributed by atoms with E-state index in [-0.39, 0.29) is 29.9 Å². The van der Waals surface area contributed by atoms with Crippen molar-refractivity contribution in [3.8, 4) is 6.07 Å². The number of halogens is 1. The number of allylic oxidation sites excluding steroid dienone is 1. The second-order valence-corrected chi connectivity index (χ2v) is 8.27. The quantitative estimate of drug-likeness (QED) is 0.696. The molecule has 0 unspecified atom stereocenters. The Bertz CT molecular complexity index is 983. The first-order valence-corrected chi connectivity index (χ1v) is 10.4. The number of hydrogen-bond acceptors (Lipinski definition) is 4. The van der Waals surface area contributed by atoms with E-state index in [0.717, 1.165) is 21.3 Å². The van der Waals surface area contributed by atoms with Crippen LogP contribution in [0.25, 0.3) is 0 Å². The lowest BCUT2D eigenvalue weighted by atomic mass is 9.87.